The zero-order valence-electron chi connectivity index (χ0n) is 15.1. The molecule has 0 aliphatic rings. The largest absolute Gasteiger partial charge is 0.496 e. The van der Waals surface area contributed by atoms with Crippen molar-refractivity contribution in [2.45, 2.75) is 24.9 Å². The van der Waals surface area contributed by atoms with Crippen molar-refractivity contribution in [3.05, 3.63) is 65.2 Å². The summed E-state index contributed by atoms with van der Waals surface area (Å²) in [5.74, 6) is -3.35. The van der Waals surface area contributed by atoms with E-state index < -0.39 is 30.4 Å². The van der Waals surface area contributed by atoms with Crippen LogP contribution in [0.5, 0.6) is 5.75 Å². The van der Waals surface area contributed by atoms with Gasteiger partial charge in [-0.1, -0.05) is 36.4 Å². The molecule has 0 bridgehead atoms. The molecule has 2 rings (SSSR count). The highest BCUT2D eigenvalue weighted by atomic mass is 19.4. The molecule has 0 fully saturated rings. The number of benzene rings is 2. The number of amides is 1. The molecule has 0 aromatic heterocycles. The van der Waals surface area contributed by atoms with E-state index in [4.69, 9.17) is 9.84 Å². The first-order valence-corrected chi connectivity index (χ1v) is 8.51. The molecule has 1 amide bonds. The maximum Gasteiger partial charge on any atom is 0.396 e. The summed E-state index contributed by atoms with van der Waals surface area (Å²) in [4.78, 5) is 23.0. The summed E-state index contributed by atoms with van der Waals surface area (Å²) in [6.07, 6.45) is -4.95. The van der Waals surface area contributed by atoms with Gasteiger partial charge in [-0.3, -0.25) is 4.79 Å². The van der Waals surface area contributed by atoms with E-state index in [0.29, 0.717) is 11.3 Å². The van der Waals surface area contributed by atoms with Gasteiger partial charge in [-0.05, 0) is 29.7 Å². The van der Waals surface area contributed by atoms with E-state index in [0.717, 1.165) is 0 Å². The van der Waals surface area contributed by atoms with Crippen LogP contribution in [-0.2, 0) is 11.2 Å². The Labute approximate surface area is 160 Å². The Morgan fingerprint density at radius 2 is 1.82 bits per heavy atom. The highest BCUT2D eigenvalue weighted by Gasteiger charge is 2.41. The molecular weight excluding hydrogens is 375 g/mol. The lowest BCUT2D eigenvalue weighted by molar-refractivity contribution is -0.157. The third-order valence-electron chi connectivity index (χ3n) is 4.24. The second-order valence-corrected chi connectivity index (χ2v) is 6.14. The number of carboxylic acid groups (broad SMARTS) is 1. The number of carbonyl (C=O) groups excluding carboxylic acids is 1. The first-order valence-electron chi connectivity index (χ1n) is 8.51. The lowest BCUT2D eigenvalue weighted by atomic mass is 9.95. The molecule has 0 saturated carbocycles. The van der Waals surface area contributed by atoms with Crippen molar-refractivity contribution in [2.24, 2.45) is 0 Å². The van der Waals surface area contributed by atoms with Crippen molar-refractivity contribution in [1.29, 1.82) is 0 Å². The number of carboxylic acids is 1. The maximum atomic E-state index is 13.3. The topological polar surface area (TPSA) is 75.6 Å². The minimum absolute atomic E-state index is 0.0380. The molecular formula is C20H20F3NO4. The van der Waals surface area contributed by atoms with Crippen molar-refractivity contribution >= 4 is 11.9 Å². The van der Waals surface area contributed by atoms with Crippen LogP contribution >= 0.6 is 0 Å². The van der Waals surface area contributed by atoms with Gasteiger partial charge in [0.1, 0.15) is 5.75 Å². The van der Waals surface area contributed by atoms with Crippen molar-refractivity contribution in [2.75, 3.05) is 13.7 Å². The molecule has 150 valence electrons. The van der Waals surface area contributed by atoms with E-state index in [1.54, 1.807) is 12.1 Å². The number of aromatic carboxylic acids is 1. The fourth-order valence-electron chi connectivity index (χ4n) is 2.79. The Morgan fingerprint density at radius 1 is 1.14 bits per heavy atom. The van der Waals surface area contributed by atoms with Crippen LogP contribution in [0.2, 0.25) is 0 Å². The average Bonchev–Trinajstić information content (AvgIpc) is 2.66. The third kappa shape index (κ3) is 5.73. The van der Waals surface area contributed by atoms with Gasteiger partial charge in [-0.15, -0.1) is 0 Å². The van der Waals surface area contributed by atoms with Gasteiger partial charge in [0.05, 0.1) is 18.6 Å². The van der Waals surface area contributed by atoms with Crippen LogP contribution in [0.3, 0.4) is 0 Å². The zero-order valence-corrected chi connectivity index (χ0v) is 15.1. The molecule has 2 N–H and O–H groups in total. The summed E-state index contributed by atoms with van der Waals surface area (Å²) in [5, 5.41) is 11.5. The first kappa shape index (κ1) is 21.3. The fourth-order valence-corrected chi connectivity index (χ4v) is 2.79. The van der Waals surface area contributed by atoms with E-state index in [1.807, 2.05) is 0 Å². The molecule has 1 atom stereocenters. The van der Waals surface area contributed by atoms with E-state index in [-0.39, 0.29) is 24.1 Å². The molecule has 0 saturated heterocycles. The van der Waals surface area contributed by atoms with Gasteiger partial charge in [0, 0.05) is 13.0 Å². The predicted molar refractivity (Wildman–Crippen MR) is 96.5 cm³/mol. The molecule has 0 heterocycles. The van der Waals surface area contributed by atoms with Crippen LogP contribution in [-0.4, -0.2) is 36.8 Å². The number of halogens is 3. The Morgan fingerprint density at radius 3 is 2.39 bits per heavy atom. The molecule has 2 aromatic carbocycles. The van der Waals surface area contributed by atoms with Crippen LogP contribution < -0.4 is 10.1 Å². The van der Waals surface area contributed by atoms with Gasteiger partial charge in [0.25, 0.3) is 0 Å². The van der Waals surface area contributed by atoms with E-state index in [1.165, 1.54) is 43.5 Å². The molecule has 0 spiro atoms. The smallest absolute Gasteiger partial charge is 0.396 e. The van der Waals surface area contributed by atoms with Crippen LogP contribution in [0.15, 0.2) is 48.5 Å². The third-order valence-corrected chi connectivity index (χ3v) is 4.24. The average molecular weight is 395 g/mol. The van der Waals surface area contributed by atoms with Crippen LogP contribution in [0.1, 0.15) is 33.8 Å². The predicted octanol–water partition coefficient (Wildman–Crippen LogP) is 3.79. The summed E-state index contributed by atoms with van der Waals surface area (Å²) in [5.41, 5.74) is 0.736. The number of hydrogen-bond donors (Lipinski definition) is 2. The number of carbonyl (C=O) groups is 2. The van der Waals surface area contributed by atoms with Gasteiger partial charge in [-0.2, -0.15) is 13.2 Å². The first-order chi connectivity index (χ1) is 13.2. The van der Waals surface area contributed by atoms with Crippen LogP contribution in [0.25, 0.3) is 0 Å². The van der Waals surface area contributed by atoms with Crippen molar-refractivity contribution < 1.29 is 32.6 Å². The van der Waals surface area contributed by atoms with Crippen LogP contribution in [0.4, 0.5) is 13.2 Å². The maximum absolute atomic E-state index is 13.3. The standard InChI is InChI=1S/C20H20F3NO4/c1-28-17-11-15(19(26)27)8-7-14(17)9-10-24-18(25)12-16(20(21,22)23)13-5-3-2-4-6-13/h2-8,11,16H,9-10,12H2,1H3,(H,24,25)(H,26,27). The van der Waals surface area contributed by atoms with Gasteiger partial charge >= 0.3 is 12.1 Å². The highest BCUT2D eigenvalue weighted by Crippen LogP contribution is 2.37. The number of hydrogen-bond acceptors (Lipinski definition) is 3. The number of alkyl halides is 3. The van der Waals surface area contributed by atoms with E-state index in [9.17, 15) is 22.8 Å². The second-order valence-electron chi connectivity index (χ2n) is 6.14. The lowest BCUT2D eigenvalue weighted by Gasteiger charge is -2.20. The number of ether oxygens (including phenoxy) is 1. The van der Waals surface area contributed by atoms with Gasteiger partial charge in [0.15, 0.2) is 0 Å². The zero-order chi connectivity index (χ0) is 20.7. The minimum Gasteiger partial charge on any atom is -0.496 e. The fraction of sp³-hybridized carbons (Fsp3) is 0.300. The van der Waals surface area contributed by atoms with E-state index in [2.05, 4.69) is 5.32 Å². The monoisotopic (exact) mass is 395 g/mol. The minimum atomic E-state index is -4.53. The highest BCUT2D eigenvalue weighted by molar-refractivity contribution is 5.88. The van der Waals surface area contributed by atoms with Gasteiger partial charge in [0.2, 0.25) is 5.91 Å². The van der Waals surface area contributed by atoms with Crippen LogP contribution in [0, 0.1) is 0 Å². The second kappa shape index (κ2) is 9.25. The van der Waals surface area contributed by atoms with Gasteiger partial charge in [-0.25, -0.2) is 4.79 Å². The Kier molecular flexibility index (Phi) is 7.03. The SMILES string of the molecule is COc1cc(C(=O)O)ccc1CCNC(=O)CC(c1ccccc1)C(F)(F)F. The van der Waals surface area contributed by atoms with E-state index >= 15 is 0 Å². The Bertz CT molecular complexity index is 822. The van der Waals surface area contributed by atoms with Crippen molar-refractivity contribution in [1.82, 2.24) is 5.32 Å². The summed E-state index contributed by atoms with van der Waals surface area (Å²) < 4.78 is 45.1. The molecule has 28 heavy (non-hydrogen) atoms. The summed E-state index contributed by atoms with van der Waals surface area (Å²) >= 11 is 0. The molecule has 5 nitrogen and oxygen atoms in total. The van der Waals surface area contributed by atoms with Crippen molar-refractivity contribution in [3.63, 3.8) is 0 Å². The molecule has 0 aliphatic carbocycles. The molecule has 8 heteroatoms. The Hall–Kier alpha value is -3.03. The summed E-state index contributed by atoms with van der Waals surface area (Å²) in [7, 11) is 1.39. The normalized spacial score (nSPS) is 12.3. The summed E-state index contributed by atoms with van der Waals surface area (Å²) in [6, 6.07) is 11.6. The molecule has 2 aromatic rings. The number of methoxy groups -OCH3 is 1. The number of nitrogens with one attached hydrogen (secondary N) is 1. The molecule has 0 radical (unpaired) electrons. The molecule has 1 unspecified atom stereocenters. The van der Waals surface area contributed by atoms with Crippen molar-refractivity contribution in [3.8, 4) is 5.75 Å². The summed E-state index contributed by atoms with van der Waals surface area (Å²) in [6.45, 7) is 0.0982. The quantitative estimate of drug-likeness (QED) is 0.713. The van der Waals surface area contributed by atoms with Gasteiger partial charge < -0.3 is 15.2 Å². The molecule has 0 aliphatic heterocycles. The number of rotatable bonds is 8. The lowest BCUT2D eigenvalue weighted by Crippen LogP contribution is -2.31. The Balaban J connectivity index is 1.97.